The Morgan fingerprint density at radius 2 is 1.88 bits per heavy atom. The van der Waals surface area contributed by atoms with Gasteiger partial charge in [-0.05, 0) is 31.2 Å². The Bertz CT molecular complexity index is 771. The molecule has 0 bridgehead atoms. The predicted octanol–water partition coefficient (Wildman–Crippen LogP) is 2.88. The van der Waals surface area contributed by atoms with E-state index in [2.05, 4.69) is 0 Å². The molecular formula is C17H14NO5S-. The number of hydrogen-bond acceptors (Lipinski definition) is 6. The first-order valence-electron chi connectivity index (χ1n) is 7.08. The number of para-hydroxylation sites is 1. The van der Waals surface area contributed by atoms with E-state index in [1.54, 1.807) is 24.3 Å². The molecule has 0 saturated heterocycles. The van der Waals surface area contributed by atoms with Gasteiger partial charge >= 0.3 is 0 Å². The molecule has 24 heavy (non-hydrogen) atoms. The molecular weight excluding hydrogens is 330 g/mol. The van der Waals surface area contributed by atoms with Gasteiger partial charge in [0.2, 0.25) is 0 Å². The molecule has 0 amide bonds. The zero-order valence-electron chi connectivity index (χ0n) is 12.8. The van der Waals surface area contributed by atoms with Crippen LogP contribution in [0, 0.1) is 10.1 Å². The topological polar surface area (TPSA) is 92.5 Å². The molecule has 0 spiro atoms. The molecule has 0 atom stereocenters. The van der Waals surface area contributed by atoms with E-state index in [4.69, 9.17) is 4.74 Å². The van der Waals surface area contributed by atoms with Gasteiger partial charge in [0, 0.05) is 27.5 Å². The van der Waals surface area contributed by atoms with Crippen molar-refractivity contribution in [1.82, 2.24) is 0 Å². The summed E-state index contributed by atoms with van der Waals surface area (Å²) in [7, 11) is 0. The van der Waals surface area contributed by atoms with Crippen molar-refractivity contribution in [2.75, 3.05) is 6.61 Å². The predicted molar refractivity (Wildman–Crippen MR) is 89.5 cm³/mol. The third-order valence-electron chi connectivity index (χ3n) is 2.98. The summed E-state index contributed by atoms with van der Waals surface area (Å²) >= 11 is 0.960. The van der Waals surface area contributed by atoms with Crippen molar-refractivity contribution in [3.8, 4) is 5.75 Å². The van der Waals surface area contributed by atoms with E-state index in [1.165, 1.54) is 30.3 Å². The van der Waals surface area contributed by atoms with Gasteiger partial charge in [0.15, 0.2) is 0 Å². The van der Waals surface area contributed by atoms with Gasteiger partial charge in [0.25, 0.3) is 5.69 Å². The summed E-state index contributed by atoms with van der Waals surface area (Å²) in [5.74, 6) is -0.757. The van der Waals surface area contributed by atoms with E-state index in [-0.39, 0.29) is 10.6 Å². The minimum atomic E-state index is -1.33. The van der Waals surface area contributed by atoms with Crippen LogP contribution < -0.4 is 9.84 Å². The molecule has 0 fully saturated rings. The summed E-state index contributed by atoms with van der Waals surface area (Å²) in [5.41, 5.74) is 0.563. The zero-order chi connectivity index (χ0) is 17.5. The lowest BCUT2D eigenvalue weighted by Crippen LogP contribution is -2.23. The van der Waals surface area contributed by atoms with Gasteiger partial charge in [-0.2, -0.15) is 0 Å². The lowest BCUT2D eigenvalue weighted by molar-refractivity contribution is -0.384. The van der Waals surface area contributed by atoms with E-state index in [0.29, 0.717) is 22.8 Å². The third-order valence-corrected chi connectivity index (χ3v) is 3.99. The highest BCUT2D eigenvalue weighted by atomic mass is 32.2. The second-order valence-electron chi connectivity index (χ2n) is 4.62. The summed E-state index contributed by atoms with van der Waals surface area (Å²) in [6.45, 7) is 2.30. The largest absolute Gasteiger partial charge is 0.544 e. The van der Waals surface area contributed by atoms with Crippen molar-refractivity contribution in [3.05, 3.63) is 69.1 Å². The molecule has 0 radical (unpaired) electrons. The van der Waals surface area contributed by atoms with Crippen LogP contribution in [0.15, 0.2) is 58.3 Å². The second-order valence-corrected chi connectivity index (χ2v) is 5.74. The SMILES string of the molecule is CCOc1ccccc1/C=C(/Sc1ccc([N+](=O)[O-])cc1)C(=O)[O-]. The van der Waals surface area contributed by atoms with Crippen molar-refractivity contribution in [1.29, 1.82) is 0 Å². The average Bonchev–Trinajstić information content (AvgIpc) is 2.56. The summed E-state index contributed by atoms with van der Waals surface area (Å²) in [6.07, 6.45) is 1.46. The Hall–Kier alpha value is -2.80. The van der Waals surface area contributed by atoms with E-state index in [1.807, 2.05) is 6.92 Å². The van der Waals surface area contributed by atoms with Crippen molar-refractivity contribution in [2.45, 2.75) is 11.8 Å². The van der Waals surface area contributed by atoms with Gasteiger partial charge in [-0.15, -0.1) is 0 Å². The quantitative estimate of drug-likeness (QED) is 0.332. The minimum absolute atomic E-state index is 0.0176. The Morgan fingerprint density at radius 1 is 1.21 bits per heavy atom. The highest BCUT2D eigenvalue weighted by Crippen LogP contribution is 2.31. The minimum Gasteiger partial charge on any atom is -0.544 e. The number of carboxylic acid groups (broad SMARTS) is 1. The van der Waals surface area contributed by atoms with Crippen LogP contribution in [0.3, 0.4) is 0 Å². The number of rotatable bonds is 7. The average molecular weight is 344 g/mol. The maximum absolute atomic E-state index is 11.4. The van der Waals surface area contributed by atoms with E-state index >= 15 is 0 Å². The van der Waals surface area contributed by atoms with E-state index in [0.717, 1.165) is 11.8 Å². The Kier molecular flexibility index (Phi) is 5.97. The van der Waals surface area contributed by atoms with Gasteiger partial charge in [-0.25, -0.2) is 0 Å². The fourth-order valence-electron chi connectivity index (χ4n) is 1.92. The van der Waals surface area contributed by atoms with Crippen LogP contribution in [0.1, 0.15) is 12.5 Å². The molecule has 0 aliphatic carbocycles. The van der Waals surface area contributed by atoms with Crippen LogP contribution in [-0.2, 0) is 4.79 Å². The molecule has 2 rings (SSSR count). The Balaban J connectivity index is 2.29. The number of benzene rings is 2. The zero-order valence-corrected chi connectivity index (χ0v) is 13.6. The van der Waals surface area contributed by atoms with Gasteiger partial charge in [-0.1, -0.05) is 30.0 Å². The molecule has 0 N–H and O–H groups in total. The van der Waals surface area contributed by atoms with E-state index < -0.39 is 10.9 Å². The van der Waals surface area contributed by atoms with Crippen molar-refractivity contribution in [2.24, 2.45) is 0 Å². The maximum atomic E-state index is 11.4. The molecule has 0 aromatic heterocycles. The van der Waals surface area contributed by atoms with Gasteiger partial charge in [0.05, 0.1) is 17.5 Å². The standard InChI is InChI=1S/C17H15NO5S/c1-2-23-15-6-4-3-5-12(15)11-16(17(19)20)24-14-9-7-13(8-10-14)18(21)22/h3-11H,2H2,1H3,(H,19,20)/p-1/b16-11+. The molecule has 0 saturated carbocycles. The lowest BCUT2D eigenvalue weighted by atomic mass is 10.2. The third kappa shape index (κ3) is 4.60. The second kappa shape index (κ2) is 8.16. The maximum Gasteiger partial charge on any atom is 0.269 e. The molecule has 0 unspecified atom stereocenters. The number of carbonyl (C=O) groups is 1. The molecule has 124 valence electrons. The van der Waals surface area contributed by atoms with Crippen molar-refractivity contribution >= 4 is 29.5 Å². The number of carbonyl (C=O) groups excluding carboxylic acids is 1. The monoisotopic (exact) mass is 344 g/mol. The van der Waals surface area contributed by atoms with Crippen LogP contribution in [0.25, 0.3) is 6.08 Å². The Labute approximate surface area is 142 Å². The fourth-order valence-corrected chi connectivity index (χ4v) is 2.72. The number of nitro groups is 1. The molecule has 6 nitrogen and oxygen atoms in total. The normalized spacial score (nSPS) is 11.1. The Morgan fingerprint density at radius 3 is 2.46 bits per heavy atom. The number of carboxylic acids is 1. The molecule has 0 aliphatic heterocycles. The number of hydrogen-bond donors (Lipinski definition) is 0. The molecule has 2 aromatic rings. The van der Waals surface area contributed by atoms with Crippen LogP contribution in [-0.4, -0.2) is 17.5 Å². The van der Waals surface area contributed by atoms with Gasteiger partial charge in [0.1, 0.15) is 5.75 Å². The lowest BCUT2D eigenvalue weighted by Gasteiger charge is -2.11. The summed E-state index contributed by atoms with van der Waals surface area (Å²) in [5, 5.41) is 22.1. The number of aliphatic carboxylic acids is 1. The number of thioether (sulfide) groups is 1. The molecule has 0 heterocycles. The number of non-ortho nitro benzene ring substituents is 1. The molecule has 2 aromatic carbocycles. The van der Waals surface area contributed by atoms with Crippen LogP contribution in [0.2, 0.25) is 0 Å². The first-order valence-corrected chi connectivity index (χ1v) is 7.90. The number of nitrogens with zero attached hydrogens (tertiary/aromatic N) is 1. The summed E-state index contributed by atoms with van der Waals surface area (Å²) in [4.78, 5) is 22.1. The van der Waals surface area contributed by atoms with Gasteiger partial charge < -0.3 is 14.6 Å². The smallest absolute Gasteiger partial charge is 0.269 e. The van der Waals surface area contributed by atoms with Gasteiger partial charge in [-0.3, -0.25) is 10.1 Å². The van der Waals surface area contributed by atoms with Crippen LogP contribution >= 0.6 is 11.8 Å². The first-order chi connectivity index (χ1) is 11.5. The van der Waals surface area contributed by atoms with Crippen molar-refractivity contribution < 1.29 is 19.6 Å². The van der Waals surface area contributed by atoms with Crippen LogP contribution in [0.4, 0.5) is 5.69 Å². The van der Waals surface area contributed by atoms with Crippen LogP contribution in [0.5, 0.6) is 5.75 Å². The van der Waals surface area contributed by atoms with Crippen molar-refractivity contribution in [3.63, 3.8) is 0 Å². The highest BCUT2D eigenvalue weighted by Gasteiger charge is 2.08. The van der Waals surface area contributed by atoms with E-state index in [9.17, 15) is 20.0 Å². The summed E-state index contributed by atoms with van der Waals surface area (Å²) < 4.78 is 5.47. The molecule has 7 heteroatoms. The fraction of sp³-hybridized carbons (Fsp3) is 0.118. The highest BCUT2D eigenvalue weighted by molar-refractivity contribution is 8.04. The summed E-state index contributed by atoms with van der Waals surface area (Å²) in [6, 6.07) is 12.7. The first kappa shape index (κ1) is 17.6. The number of nitro benzene ring substituents is 1. The number of ether oxygens (including phenoxy) is 1. The molecule has 0 aliphatic rings.